The van der Waals surface area contributed by atoms with Crippen molar-refractivity contribution in [1.29, 1.82) is 0 Å². The zero-order valence-electron chi connectivity index (χ0n) is 19.8. The number of benzene rings is 3. The summed E-state index contributed by atoms with van der Waals surface area (Å²) >= 11 is 6.28. The zero-order valence-corrected chi connectivity index (χ0v) is 21.4. The minimum absolute atomic E-state index is 0.109. The van der Waals surface area contributed by atoms with Crippen LogP contribution in [-0.2, 0) is 21.4 Å². The number of amides is 1. The number of rotatable bonds is 8. The number of hydrogen-bond acceptors (Lipinski definition) is 4. The van der Waals surface area contributed by atoms with Crippen LogP contribution in [0.25, 0.3) is 0 Å². The van der Waals surface area contributed by atoms with Gasteiger partial charge in [0.15, 0.2) is 0 Å². The summed E-state index contributed by atoms with van der Waals surface area (Å²) in [7, 11) is -3.97. The quantitative estimate of drug-likeness (QED) is 0.454. The van der Waals surface area contributed by atoms with Crippen molar-refractivity contribution in [2.75, 3.05) is 28.8 Å². The Bertz CT molecular complexity index is 1260. The third-order valence-corrected chi connectivity index (χ3v) is 8.40. The summed E-state index contributed by atoms with van der Waals surface area (Å²) in [6, 6.07) is 21.2. The Kier molecular flexibility index (Phi) is 7.98. The number of nitrogens with zero attached hydrogens (tertiary/aromatic N) is 2. The van der Waals surface area contributed by atoms with Gasteiger partial charge in [-0.1, -0.05) is 48.0 Å². The SMILES string of the molecule is Cc1ccc(N(CC(=O)NCc2ccc(N3CCCCC3)cc2)S(=O)(=O)c2ccccc2)cc1Cl. The maximum Gasteiger partial charge on any atom is 0.264 e. The number of nitrogens with one attached hydrogen (secondary N) is 1. The summed E-state index contributed by atoms with van der Waals surface area (Å²) in [5, 5.41) is 3.29. The minimum atomic E-state index is -3.97. The van der Waals surface area contributed by atoms with Gasteiger partial charge in [0.1, 0.15) is 6.54 Å². The molecule has 0 unspecified atom stereocenters. The number of hydrogen-bond donors (Lipinski definition) is 1. The molecule has 0 aliphatic carbocycles. The molecule has 8 heteroatoms. The summed E-state index contributed by atoms with van der Waals surface area (Å²) in [6.45, 7) is 3.94. The van der Waals surface area contributed by atoms with Crippen LogP contribution in [0.3, 0.4) is 0 Å². The van der Waals surface area contributed by atoms with Crippen molar-refractivity contribution in [3.8, 4) is 0 Å². The largest absolute Gasteiger partial charge is 0.372 e. The first kappa shape index (κ1) is 25.1. The number of carbonyl (C=O) groups excluding carboxylic acids is 1. The lowest BCUT2D eigenvalue weighted by molar-refractivity contribution is -0.119. The third kappa shape index (κ3) is 6.16. The fourth-order valence-electron chi connectivity index (χ4n) is 4.14. The van der Waals surface area contributed by atoms with Crippen LogP contribution in [0.15, 0.2) is 77.7 Å². The van der Waals surface area contributed by atoms with E-state index in [-0.39, 0.29) is 11.4 Å². The standard InChI is InChI=1S/C27H30ClN3O3S/c1-21-10-13-24(18-26(21)28)31(35(33,34)25-8-4-2-5-9-25)20-27(32)29-19-22-11-14-23(15-12-22)30-16-6-3-7-17-30/h2,4-5,8-15,18H,3,6-7,16-17,19-20H2,1H3,(H,29,32). The lowest BCUT2D eigenvalue weighted by Gasteiger charge is -2.28. The average Bonchev–Trinajstić information content (AvgIpc) is 2.89. The van der Waals surface area contributed by atoms with Crippen LogP contribution in [0.1, 0.15) is 30.4 Å². The van der Waals surface area contributed by atoms with Crippen molar-refractivity contribution in [3.63, 3.8) is 0 Å². The molecule has 1 N–H and O–H groups in total. The Morgan fingerprint density at radius 2 is 1.66 bits per heavy atom. The van der Waals surface area contributed by atoms with Crippen LogP contribution in [0.2, 0.25) is 5.02 Å². The smallest absolute Gasteiger partial charge is 0.264 e. The third-order valence-electron chi connectivity index (χ3n) is 6.21. The summed E-state index contributed by atoms with van der Waals surface area (Å²) in [6.07, 6.45) is 3.71. The van der Waals surface area contributed by atoms with Gasteiger partial charge < -0.3 is 10.2 Å². The van der Waals surface area contributed by atoms with Crippen LogP contribution >= 0.6 is 11.6 Å². The number of carbonyl (C=O) groups is 1. The number of halogens is 1. The second kappa shape index (κ2) is 11.1. The second-order valence-corrected chi connectivity index (χ2v) is 11.0. The first-order chi connectivity index (χ1) is 16.8. The van der Waals surface area contributed by atoms with Crippen molar-refractivity contribution < 1.29 is 13.2 Å². The monoisotopic (exact) mass is 511 g/mol. The van der Waals surface area contributed by atoms with E-state index in [4.69, 9.17) is 11.6 Å². The van der Waals surface area contributed by atoms with Gasteiger partial charge in [0.05, 0.1) is 10.6 Å². The summed E-state index contributed by atoms with van der Waals surface area (Å²) < 4.78 is 27.9. The summed E-state index contributed by atoms with van der Waals surface area (Å²) in [5.41, 5.74) is 3.31. The fourth-order valence-corrected chi connectivity index (χ4v) is 5.74. The van der Waals surface area contributed by atoms with Gasteiger partial charge in [-0.3, -0.25) is 9.10 Å². The highest BCUT2D eigenvalue weighted by molar-refractivity contribution is 7.92. The molecule has 1 saturated heterocycles. The van der Waals surface area contributed by atoms with Gasteiger partial charge in [-0.2, -0.15) is 0 Å². The van der Waals surface area contributed by atoms with E-state index in [0.717, 1.165) is 28.5 Å². The van der Waals surface area contributed by atoms with E-state index in [1.165, 1.54) is 37.1 Å². The van der Waals surface area contributed by atoms with E-state index in [1.807, 2.05) is 19.1 Å². The van der Waals surface area contributed by atoms with E-state index in [2.05, 4.69) is 22.3 Å². The molecule has 4 rings (SSSR count). The Balaban J connectivity index is 1.47. The van der Waals surface area contributed by atoms with Gasteiger partial charge in [-0.05, 0) is 73.7 Å². The highest BCUT2D eigenvalue weighted by atomic mass is 35.5. The van der Waals surface area contributed by atoms with Crippen LogP contribution < -0.4 is 14.5 Å². The molecule has 1 aliphatic rings. The Hall–Kier alpha value is -3.03. The van der Waals surface area contributed by atoms with Gasteiger partial charge in [-0.15, -0.1) is 0 Å². The molecule has 35 heavy (non-hydrogen) atoms. The molecule has 0 spiro atoms. The van der Waals surface area contributed by atoms with Crippen molar-refractivity contribution in [2.45, 2.75) is 37.6 Å². The number of aryl methyl sites for hydroxylation is 1. The maximum atomic E-state index is 13.4. The highest BCUT2D eigenvalue weighted by Crippen LogP contribution is 2.28. The summed E-state index contributed by atoms with van der Waals surface area (Å²) in [5.74, 6) is -0.402. The Morgan fingerprint density at radius 1 is 0.971 bits per heavy atom. The van der Waals surface area contributed by atoms with Crippen molar-refractivity contribution >= 4 is 38.9 Å². The molecule has 0 bridgehead atoms. The van der Waals surface area contributed by atoms with Crippen molar-refractivity contribution in [1.82, 2.24) is 5.32 Å². The van der Waals surface area contributed by atoms with Crippen LogP contribution in [0.4, 0.5) is 11.4 Å². The fraction of sp³-hybridized carbons (Fsp3) is 0.296. The van der Waals surface area contributed by atoms with Crippen molar-refractivity contribution in [2.24, 2.45) is 0 Å². The molecule has 3 aromatic carbocycles. The first-order valence-electron chi connectivity index (χ1n) is 11.8. The number of sulfonamides is 1. The predicted octanol–water partition coefficient (Wildman–Crippen LogP) is 5.15. The first-order valence-corrected chi connectivity index (χ1v) is 13.6. The Labute approximate surface area is 212 Å². The normalized spacial score (nSPS) is 13.9. The van der Waals surface area contributed by atoms with Gasteiger partial charge in [-0.25, -0.2) is 8.42 Å². The minimum Gasteiger partial charge on any atom is -0.372 e. The molecule has 1 fully saturated rings. The molecule has 0 saturated carbocycles. The van der Waals surface area contributed by atoms with Gasteiger partial charge in [0, 0.05) is 30.3 Å². The molecule has 6 nitrogen and oxygen atoms in total. The maximum absolute atomic E-state index is 13.4. The molecular weight excluding hydrogens is 482 g/mol. The average molecular weight is 512 g/mol. The van der Waals surface area contributed by atoms with Gasteiger partial charge in [0.25, 0.3) is 10.0 Å². The second-order valence-electron chi connectivity index (χ2n) is 8.75. The topological polar surface area (TPSA) is 69.7 Å². The molecule has 1 heterocycles. The van der Waals surface area contributed by atoms with E-state index >= 15 is 0 Å². The lowest BCUT2D eigenvalue weighted by Crippen LogP contribution is -2.40. The number of piperidine rings is 1. The molecule has 184 valence electrons. The summed E-state index contributed by atoms with van der Waals surface area (Å²) in [4.78, 5) is 15.4. The van der Waals surface area contributed by atoms with Crippen LogP contribution in [0, 0.1) is 6.92 Å². The van der Waals surface area contributed by atoms with E-state index in [1.54, 1.807) is 36.4 Å². The molecule has 1 aliphatic heterocycles. The van der Waals surface area contributed by atoms with E-state index < -0.39 is 15.9 Å². The van der Waals surface area contributed by atoms with Crippen molar-refractivity contribution in [3.05, 3.63) is 88.9 Å². The molecule has 3 aromatic rings. The van der Waals surface area contributed by atoms with Gasteiger partial charge in [0.2, 0.25) is 5.91 Å². The molecule has 1 amide bonds. The van der Waals surface area contributed by atoms with Crippen LogP contribution in [0.5, 0.6) is 0 Å². The predicted molar refractivity (Wildman–Crippen MR) is 142 cm³/mol. The molecular formula is C27H30ClN3O3S. The van der Waals surface area contributed by atoms with Crippen LogP contribution in [-0.4, -0.2) is 34.0 Å². The lowest BCUT2D eigenvalue weighted by atomic mass is 10.1. The van der Waals surface area contributed by atoms with E-state index in [9.17, 15) is 13.2 Å². The molecule has 0 radical (unpaired) electrons. The Morgan fingerprint density at radius 3 is 2.31 bits per heavy atom. The number of anilines is 2. The van der Waals surface area contributed by atoms with Gasteiger partial charge >= 0.3 is 0 Å². The highest BCUT2D eigenvalue weighted by Gasteiger charge is 2.27. The van der Waals surface area contributed by atoms with E-state index in [0.29, 0.717) is 17.3 Å². The zero-order chi connectivity index (χ0) is 24.8. The molecule has 0 aromatic heterocycles. The molecule has 0 atom stereocenters.